The van der Waals surface area contributed by atoms with Crippen LogP contribution >= 0.6 is 7.52 Å². The molecule has 3 aromatic rings. The number of fused-ring (bicyclic) bond motifs is 1. The molecule has 16 heteroatoms. The van der Waals surface area contributed by atoms with E-state index in [1.807, 2.05) is 0 Å². The summed E-state index contributed by atoms with van der Waals surface area (Å²) in [7, 11) is -2.68. The number of benzene rings is 1. The summed E-state index contributed by atoms with van der Waals surface area (Å²) in [4.78, 5) is 25.0. The Kier molecular flexibility index (Phi) is 9.88. The molecule has 0 aliphatic heterocycles. The SMILES string of the molecule is COC[C@H](N[P@](=O)(CO[C@H](C)Cn1cnc2c(N)ncnc21)Oc1ccc(C(F)(F)F)cc1)C(=O)NC(C)C. The van der Waals surface area contributed by atoms with E-state index >= 15 is 0 Å². The van der Waals surface area contributed by atoms with E-state index in [1.165, 1.54) is 19.8 Å². The van der Waals surface area contributed by atoms with Gasteiger partial charge in [0.05, 0.1) is 31.1 Å². The summed E-state index contributed by atoms with van der Waals surface area (Å²) in [6.45, 7) is 5.29. The van der Waals surface area contributed by atoms with Gasteiger partial charge in [-0.1, -0.05) is 0 Å². The molecule has 4 N–H and O–H groups in total. The van der Waals surface area contributed by atoms with Crippen LogP contribution in [0, 0.1) is 0 Å². The molecule has 0 saturated carbocycles. The maximum atomic E-state index is 13.9. The zero-order valence-corrected chi connectivity index (χ0v) is 22.7. The van der Waals surface area contributed by atoms with Crippen LogP contribution in [0.5, 0.6) is 5.75 Å². The molecule has 0 bridgehead atoms. The Morgan fingerprint density at radius 1 is 1.15 bits per heavy atom. The average Bonchev–Trinajstić information content (AvgIpc) is 3.26. The molecular formula is C23H31F3N7O5P. The lowest BCUT2D eigenvalue weighted by molar-refractivity contribution is -0.137. The third kappa shape index (κ3) is 8.36. The van der Waals surface area contributed by atoms with Gasteiger partial charge in [-0.3, -0.25) is 9.36 Å². The Labute approximate surface area is 222 Å². The Balaban J connectivity index is 1.80. The van der Waals surface area contributed by atoms with Gasteiger partial charge in [0.1, 0.15) is 30.0 Å². The molecule has 12 nitrogen and oxygen atoms in total. The summed E-state index contributed by atoms with van der Waals surface area (Å²) in [5, 5.41) is 5.37. The zero-order chi connectivity index (χ0) is 28.8. The van der Waals surface area contributed by atoms with E-state index in [4.69, 9.17) is 19.7 Å². The third-order valence-corrected chi connectivity index (χ3v) is 6.98. The summed E-state index contributed by atoms with van der Waals surface area (Å²) < 4.78 is 71.1. The topological polar surface area (TPSA) is 156 Å². The molecule has 39 heavy (non-hydrogen) atoms. The fourth-order valence-corrected chi connectivity index (χ4v) is 5.27. The van der Waals surface area contributed by atoms with Crippen molar-refractivity contribution in [2.45, 2.75) is 51.7 Å². The van der Waals surface area contributed by atoms with Crippen LogP contribution in [0.3, 0.4) is 0 Å². The number of imidazole rings is 1. The van der Waals surface area contributed by atoms with Crippen LogP contribution in [-0.4, -0.2) is 63.7 Å². The number of hydrogen-bond donors (Lipinski definition) is 3. The van der Waals surface area contributed by atoms with Crippen LogP contribution in [0.4, 0.5) is 19.0 Å². The number of nitrogen functional groups attached to an aromatic ring is 1. The first-order valence-electron chi connectivity index (χ1n) is 11.9. The fourth-order valence-electron chi connectivity index (χ4n) is 3.51. The Morgan fingerprint density at radius 2 is 1.85 bits per heavy atom. The zero-order valence-electron chi connectivity index (χ0n) is 21.8. The van der Waals surface area contributed by atoms with Crippen LogP contribution in [-0.2, 0) is 31.6 Å². The summed E-state index contributed by atoms with van der Waals surface area (Å²) in [5.74, 6) is -0.392. The maximum Gasteiger partial charge on any atom is 0.416 e. The van der Waals surface area contributed by atoms with E-state index in [0.29, 0.717) is 11.2 Å². The highest BCUT2D eigenvalue weighted by Gasteiger charge is 2.34. The van der Waals surface area contributed by atoms with Gasteiger partial charge in [-0.15, -0.1) is 0 Å². The van der Waals surface area contributed by atoms with Crippen molar-refractivity contribution in [3.8, 4) is 5.75 Å². The highest BCUT2D eigenvalue weighted by Crippen LogP contribution is 2.44. The largest absolute Gasteiger partial charge is 0.431 e. The summed E-state index contributed by atoms with van der Waals surface area (Å²) in [6, 6.07) is 2.38. The Hall–Kier alpha value is -3.26. The van der Waals surface area contributed by atoms with Gasteiger partial charge < -0.3 is 29.6 Å². The van der Waals surface area contributed by atoms with E-state index in [9.17, 15) is 22.5 Å². The van der Waals surface area contributed by atoms with Crippen molar-refractivity contribution in [1.82, 2.24) is 29.9 Å². The van der Waals surface area contributed by atoms with Gasteiger partial charge in [-0.2, -0.15) is 13.2 Å². The van der Waals surface area contributed by atoms with Crippen LogP contribution in [0.2, 0.25) is 0 Å². The van der Waals surface area contributed by atoms with Gasteiger partial charge in [0.25, 0.3) is 0 Å². The number of ether oxygens (including phenoxy) is 2. The molecule has 2 heterocycles. The Morgan fingerprint density at radius 3 is 2.46 bits per heavy atom. The first kappa shape index (κ1) is 30.3. The molecular weight excluding hydrogens is 542 g/mol. The molecule has 0 unspecified atom stereocenters. The minimum atomic E-state index is -4.55. The number of carbonyl (C=O) groups is 1. The van der Waals surface area contributed by atoms with Gasteiger partial charge in [0.2, 0.25) is 5.91 Å². The van der Waals surface area contributed by atoms with Crippen molar-refractivity contribution in [1.29, 1.82) is 0 Å². The number of carbonyl (C=O) groups excluding carboxylic acids is 1. The predicted molar refractivity (Wildman–Crippen MR) is 137 cm³/mol. The van der Waals surface area contributed by atoms with Gasteiger partial charge in [0, 0.05) is 13.2 Å². The molecule has 0 saturated heterocycles. The second kappa shape index (κ2) is 12.7. The summed E-state index contributed by atoms with van der Waals surface area (Å²) in [5.41, 5.74) is 5.82. The fraction of sp³-hybridized carbons (Fsp3) is 0.478. The quantitative estimate of drug-likeness (QED) is 0.260. The molecule has 0 fully saturated rings. The smallest absolute Gasteiger partial charge is 0.416 e. The van der Waals surface area contributed by atoms with Gasteiger partial charge in [-0.05, 0) is 45.0 Å². The van der Waals surface area contributed by atoms with Crippen LogP contribution < -0.4 is 20.7 Å². The standard InChI is InChI=1S/C23H31F3N7O5P/c1-14(2)31-22(34)18(10-36-4)32-39(35,38-17-7-5-16(6-8-17)23(24,25)26)13-37-15(3)9-33-12-30-19-20(27)28-11-29-21(19)33/h5-8,11-12,14-15,18H,9-10,13H2,1-4H3,(H,31,34)(H,32,35)(H2,27,28,29)/t15-,18+,39+/m1/s1. The molecule has 2 aromatic heterocycles. The molecule has 1 amide bonds. The number of nitrogens with one attached hydrogen (secondary N) is 2. The number of rotatable bonds is 13. The second-order valence-electron chi connectivity index (χ2n) is 9.02. The molecule has 214 valence electrons. The number of amides is 1. The van der Waals surface area contributed by atoms with Crippen molar-refractivity contribution in [3.05, 3.63) is 42.5 Å². The highest BCUT2D eigenvalue weighted by molar-refractivity contribution is 7.57. The van der Waals surface area contributed by atoms with Gasteiger partial charge in [-0.25, -0.2) is 20.0 Å². The molecule has 3 atom stereocenters. The van der Waals surface area contributed by atoms with E-state index < -0.39 is 43.7 Å². The first-order valence-corrected chi connectivity index (χ1v) is 13.7. The normalized spacial score (nSPS) is 15.2. The van der Waals surface area contributed by atoms with E-state index in [1.54, 1.807) is 25.3 Å². The third-order valence-electron chi connectivity index (χ3n) is 5.28. The van der Waals surface area contributed by atoms with Crippen molar-refractivity contribution in [2.75, 3.05) is 25.8 Å². The number of alkyl halides is 3. The van der Waals surface area contributed by atoms with Crippen molar-refractivity contribution in [3.63, 3.8) is 0 Å². The van der Waals surface area contributed by atoms with E-state index in [-0.39, 0.29) is 30.8 Å². The molecule has 0 aliphatic rings. The van der Waals surface area contributed by atoms with Crippen molar-refractivity contribution < 1.29 is 36.5 Å². The number of methoxy groups -OCH3 is 1. The lowest BCUT2D eigenvalue weighted by Crippen LogP contribution is -2.48. The minimum Gasteiger partial charge on any atom is -0.431 e. The average molecular weight is 574 g/mol. The lowest BCUT2D eigenvalue weighted by Gasteiger charge is -2.27. The molecule has 0 radical (unpaired) electrons. The monoisotopic (exact) mass is 573 g/mol. The highest BCUT2D eigenvalue weighted by atomic mass is 31.2. The van der Waals surface area contributed by atoms with Crippen molar-refractivity contribution in [2.24, 2.45) is 0 Å². The van der Waals surface area contributed by atoms with Crippen LogP contribution in [0.15, 0.2) is 36.9 Å². The molecule has 0 aliphatic carbocycles. The summed E-state index contributed by atoms with van der Waals surface area (Å²) >= 11 is 0. The van der Waals surface area contributed by atoms with Gasteiger partial charge in [0.15, 0.2) is 11.5 Å². The number of hydrogen-bond acceptors (Lipinski definition) is 9. The lowest BCUT2D eigenvalue weighted by atomic mass is 10.2. The van der Waals surface area contributed by atoms with Crippen molar-refractivity contribution >= 4 is 30.4 Å². The number of nitrogens with two attached hydrogens (primary N) is 1. The number of aromatic nitrogens is 4. The minimum absolute atomic E-state index is 0.108. The number of halogens is 3. The number of anilines is 1. The summed E-state index contributed by atoms with van der Waals surface area (Å²) in [6.07, 6.45) is -2.82. The molecule has 0 spiro atoms. The number of nitrogens with zero attached hydrogens (tertiary/aromatic N) is 4. The second-order valence-corrected chi connectivity index (χ2v) is 11.1. The van der Waals surface area contributed by atoms with Gasteiger partial charge >= 0.3 is 13.7 Å². The maximum absolute atomic E-state index is 13.9. The van der Waals surface area contributed by atoms with Crippen LogP contribution in [0.1, 0.15) is 26.3 Å². The van der Waals surface area contributed by atoms with Crippen LogP contribution in [0.25, 0.3) is 11.2 Å². The molecule has 3 rings (SSSR count). The van der Waals surface area contributed by atoms with E-state index in [0.717, 1.165) is 24.3 Å². The Bertz CT molecular complexity index is 1300. The first-order chi connectivity index (χ1) is 18.3. The predicted octanol–water partition coefficient (Wildman–Crippen LogP) is 3.19. The van der Waals surface area contributed by atoms with E-state index in [2.05, 4.69) is 25.4 Å². The molecule has 1 aromatic carbocycles.